The highest BCUT2D eigenvalue weighted by Crippen LogP contribution is 2.76. The molecule has 0 spiro atoms. The SMILES string of the molecule is CC(C)(O)[C@@H]1CC[C@@](C)([C@H]2CC[C@]3(CO)[C@@H]2[C@H](O)C[C@@H]2[C@@]4(C)CC[C@H](O[C@H]5O[C@H](CO)[C@@H](O)[C@H](O)[C@H]5O)C(C)(C)[C@@H]4CC[C@]23C)O1. The molecule has 0 bridgehead atoms. The zero-order chi connectivity index (χ0) is 33.8. The zero-order valence-electron chi connectivity index (χ0n) is 29.1. The lowest BCUT2D eigenvalue weighted by molar-refractivity contribution is -0.332. The Bertz CT molecular complexity index is 1120. The molecule has 0 aromatic heterocycles. The van der Waals surface area contributed by atoms with Crippen molar-refractivity contribution in [1.29, 1.82) is 0 Å². The van der Waals surface area contributed by atoms with Gasteiger partial charge in [-0.1, -0.05) is 27.7 Å². The van der Waals surface area contributed by atoms with Gasteiger partial charge in [0.2, 0.25) is 0 Å². The first-order valence-electron chi connectivity index (χ1n) is 18.0. The van der Waals surface area contributed by atoms with Gasteiger partial charge in [-0.15, -0.1) is 0 Å². The van der Waals surface area contributed by atoms with Crippen molar-refractivity contribution in [1.82, 2.24) is 0 Å². The average molecular weight is 655 g/mol. The van der Waals surface area contributed by atoms with Crippen LogP contribution in [0.3, 0.4) is 0 Å². The molecule has 4 aliphatic carbocycles. The Labute approximate surface area is 274 Å². The van der Waals surface area contributed by atoms with Gasteiger partial charge >= 0.3 is 0 Å². The molecule has 10 heteroatoms. The summed E-state index contributed by atoms with van der Waals surface area (Å²) >= 11 is 0. The molecule has 16 atom stereocenters. The van der Waals surface area contributed by atoms with Gasteiger partial charge in [0.25, 0.3) is 0 Å². The summed E-state index contributed by atoms with van der Waals surface area (Å²) in [4.78, 5) is 0. The average Bonchev–Trinajstić information content (AvgIpc) is 3.60. The first-order chi connectivity index (χ1) is 21.3. The molecular weight excluding hydrogens is 592 g/mol. The summed E-state index contributed by atoms with van der Waals surface area (Å²) in [5.41, 5.74) is -2.47. The summed E-state index contributed by atoms with van der Waals surface area (Å²) in [5, 5.41) is 75.4. The van der Waals surface area contributed by atoms with Crippen molar-refractivity contribution >= 4 is 0 Å². The summed E-state index contributed by atoms with van der Waals surface area (Å²) in [6, 6.07) is 0. The maximum absolute atomic E-state index is 12.2. The third-order valence-electron chi connectivity index (χ3n) is 15.3. The molecular formula is C36H62O10. The minimum atomic E-state index is -1.48. The first kappa shape index (κ1) is 35.4. The van der Waals surface area contributed by atoms with Crippen LogP contribution in [0.2, 0.25) is 0 Å². The predicted octanol–water partition coefficient (Wildman–Crippen LogP) is 2.51. The summed E-state index contributed by atoms with van der Waals surface area (Å²) < 4.78 is 18.8. The van der Waals surface area contributed by atoms with Gasteiger partial charge in [-0.25, -0.2) is 0 Å². The molecule has 2 heterocycles. The maximum atomic E-state index is 12.2. The highest BCUT2D eigenvalue weighted by molar-refractivity contribution is 5.21. The van der Waals surface area contributed by atoms with Crippen LogP contribution in [-0.2, 0) is 14.2 Å². The van der Waals surface area contributed by atoms with Gasteiger partial charge in [0.15, 0.2) is 6.29 Å². The molecule has 46 heavy (non-hydrogen) atoms. The summed E-state index contributed by atoms with van der Waals surface area (Å²) in [7, 11) is 0. The Balaban J connectivity index is 1.26. The normalized spacial score (nSPS) is 55.4. The van der Waals surface area contributed by atoms with E-state index in [9.17, 15) is 35.7 Å². The molecule has 2 saturated heterocycles. The molecule has 6 fully saturated rings. The highest BCUT2D eigenvalue weighted by atomic mass is 16.7. The van der Waals surface area contributed by atoms with Crippen LogP contribution in [0.4, 0.5) is 0 Å². The third kappa shape index (κ3) is 4.94. The number of ether oxygens (including phenoxy) is 3. The largest absolute Gasteiger partial charge is 0.396 e. The van der Waals surface area contributed by atoms with Gasteiger partial charge in [0.05, 0.1) is 36.1 Å². The van der Waals surface area contributed by atoms with Crippen molar-refractivity contribution in [3.63, 3.8) is 0 Å². The number of aliphatic hydroxyl groups excluding tert-OH is 6. The van der Waals surface area contributed by atoms with Crippen LogP contribution < -0.4 is 0 Å². The Hall–Kier alpha value is -0.400. The first-order valence-corrected chi connectivity index (χ1v) is 18.0. The predicted molar refractivity (Wildman–Crippen MR) is 169 cm³/mol. The fraction of sp³-hybridized carbons (Fsp3) is 1.00. The molecule has 0 amide bonds. The molecule has 10 nitrogen and oxygen atoms in total. The number of fused-ring (bicyclic) bond motifs is 5. The topological polar surface area (TPSA) is 169 Å². The highest BCUT2D eigenvalue weighted by Gasteiger charge is 2.73. The van der Waals surface area contributed by atoms with Gasteiger partial charge in [0.1, 0.15) is 24.4 Å². The van der Waals surface area contributed by atoms with Crippen LogP contribution in [-0.4, -0.2) is 109 Å². The molecule has 0 aromatic carbocycles. The van der Waals surface area contributed by atoms with Crippen LogP contribution in [0, 0.1) is 45.3 Å². The van der Waals surface area contributed by atoms with E-state index in [0.29, 0.717) is 12.8 Å². The summed E-state index contributed by atoms with van der Waals surface area (Å²) in [5.74, 6) is 0.444. The second kappa shape index (κ2) is 11.6. The molecule has 6 rings (SSSR count). The van der Waals surface area contributed by atoms with Crippen molar-refractivity contribution in [2.24, 2.45) is 45.3 Å². The lowest BCUT2D eigenvalue weighted by atomic mass is 9.35. The van der Waals surface area contributed by atoms with Crippen LogP contribution in [0.1, 0.15) is 106 Å². The summed E-state index contributed by atoms with van der Waals surface area (Å²) in [6.45, 7) is 14.5. The Morgan fingerprint density at radius 1 is 0.804 bits per heavy atom. The van der Waals surface area contributed by atoms with Crippen LogP contribution in [0.15, 0.2) is 0 Å². The van der Waals surface area contributed by atoms with Crippen molar-refractivity contribution in [3.05, 3.63) is 0 Å². The lowest BCUT2D eigenvalue weighted by Crippen LogP contribution is -2.68. The lowest BCUT2D eigenvalue weighted by Gasteiger charge is -2.71. The quantitative estimate of drug-likeness (QED) is 0.211. The molecule has 266 valence electrons. The minimum absolute atomic E-state index is 0.0379. The monoisotopic (exact) mass is 654 g/mol. The van der Waals surface area contributed by atoms with Gasteiger partial charge < -0.3 is 50.0 Å². The van der Waals surface area contributed by atoms with E-state index in [2.05, 4.69) is 34.6 Å². The second-order valence-corrected chi connectivity index (χ2v) is 18.1. The van der Waals surface area contributed by atoms with E-state index >= 15 is 0 Å². The molecule has 2 aliphatic heterocycles. The molecule has 0 aromatic rings. The van der Waals surface area contributed by atoms with Gasteiger partial charge in [0, 0.05) is 12.0 Å². The van der Waals surface area contributed by atoms with E-state index in [-0.39, 0.29) is 58.7 Å². The van der Waals surface area contributed by atoms with Crippen molar-refractivity contribution in [3.8, 4) is 0 Å². The fourth-order valence-corrected chi connectivity index (χ4v) is 12.8. The van der Waals surface area contributed by atoms with E-state index in [4.69, 9.17) is 14.2 Å². The number of rotatable bonds is 6. The molecule has 6 aliphatic rings. The smallest absolute Gasteiger partial charge is 0.186 e. The Morgan fingerprint density at radius 2 is 1.50 bits per heavy atom. The van der Waals surface area contributed by atoms with Gasteiger partial charge in [-0.3, -0.25) is 0 Å². The minimum Gasteiger partial charge on any atom is -0.396 e. The van der Waals surface area contributed by atoms with Crippen molar-refractivity contribution in [2.45, 2.75) is 166 Å². The number of hydrogen-bond acceptors (Lipinski definition) is 10. The van der Waals surface area contributed by atoms with Crippen molar-refractivity contribution in [2.75, 3.05) is 13.2 Å². The summed E-state index contributed by atoms with van der Waals surface area (Å²) in [6.07, 6.45) is -0.208. The van der Waals surface area contributed by atoms with E-state index in [0.717, 1.165) is 44.9 Å². The van der Waals surface area contributed by atoms with Crippen LogP contribution in [0.25, 0.3) is 0 Å². The Morgan fingerprint density at radius 3 is 2.11 bits per heavy atom. The van der Waals surface area contributed by atoms with Gasteiger partial charge in [-0.2, -0.15) is 0 Å². The maximum Gasteiger partial charge on any atom is 0.186 e. The number of hydrogen-bond donors (Lipinski definition) is 7. The fourth-order valence-electron chi connectivity index (χ4n) is 12.8. The van der Waals surface area contributed by atoms with Crippen LogP contribution in [0.5, 0.6) is 0 Å². The standard InChI is InChI=1S/C36H62O10/c1-31(2)22-9-13-34(6)23(33(22,5)12-10-24(31)45-30-29(42)28(41)27(40)21(17-37)44-30)16-20(39)26-19(8-15-36(26,34)18-38)35(7)14-11-25(46-35)32(3,4)43/h19-30,37-43H,8-18H2,1-7H3/t19-,20+,21+,22-,23+,24-,25-,26-,27+,28-,29+,30+,33-,34+,35-,36-/m0/s1. The second-order valence-electron chi connectivity index (χ2n) is 18.1. The van der Waals surface area contributed by atoms with E-state index < -0.39 is 60.0 Å². The van der Waals surface area contributed by atoms with Gasteiger partial charge in [-0.05, 0) is 118 Å². The third-order valence-corrected chi connectivity index (χ3v) is 15.3. The zero-order valence-corrected chi connectivity index (χ0v) is 29.1. The Kier molecular flexibility index (Phi) is 8.91. The van der Waals surface area contributed by atoms with Crippen molar-refractivity contribution < 1.29 is 50.0 Å². The van der Waals surface area contributed by atoms with E-state index in [1.165, 1.54) is 0 Å². The molecule has 7 N–H and O–H groups in total. The molecule has 4 saturated carbocycles. The van der Waals surface area contributed by atoms with E-state index in [1.54, 1.807) is 13.8 Å². The van der Waals surface area contributed by atoms with E-state index in [1.807, 2.05) is 0 Å². The molecule has 0 radical (unpaired) electrons. The number of aliphatic hydroxyl groups is 7. The molecule has 0 unspecified atom stereocenters. The van der Waals surface area contributed by atoms with Crippen LogP contribution >= 0.6 is 0 Å².